The molecule has 0 saturated heterocycles. The van der Waals surface area contributed by atoms with Crippen molar-refractivity contribution in [2.45, 2.75) is 0 Å². The van der Waals surface area contributed by atoms with Gasteiger partial charge in [0, 0.05) is 20.9 Å². The third-order valence-corrected chi connectivity index (χ3v) is 4.77. The second-order valence-corrected chi connectivity index (χ2v) is 6.95. The van der Waals surface area contributed by atoms with Gasteiger partial charge in [0.1, 0.15) is 5.69 Å². The molecule has 4 aromatic rings. The quantitative estimate of drug-likeness (QED) is 0.340. The Labute approximate surface area is 165 Å². The summed E-state index contributed by atoms with van der Waals surface area (Å²) in [4.78, 5) is 16.0. The Balaban J connectivity index is 1.66. The number of amides is 1. The standard InChI is InChI=1S/C22H16BrN3O/c23-17-12-10-15(11-13-17)14-24-26-22(27)21-20(16-6-2-1-3-7-16)18-8-4-5-9-19(18)25-21/h1-14,25H,(H,26,27)/b24-14-. The molecule has 0 saturated carbocycles. The first kappa shape index (κ1) is 17.2. The van der Waals surface area contributed by atoms with Crippen LogP contribution in [0.15, 0.2) is 88.4 Å². The fraction of sp³-hybridized carbons (Fsp3) is 0. The summed E-state index contributed by atoms with van der Waals surface area (Å²) < 4.78 is 0.995. The molecule has 1 heterocycles. The molecule has 132 valence electrons. The number of hydrogen-bond acceptors (Lipinski definition) is 2. The predicted octanol–water partition coefficient (Wildman–Crippen LogP) is 5.36. The first-order valence-electron chi connectivity index (χ1n) is 8.47. The van der Waals surface area contributed by atoms with Crippen molar-refractivity contribution in [3.05, 3.63) is 94.6 Å². The van der Waals surface area contributed by atoms with Crippen molar-refractivity contribution < 1.29 is 4.79 Å². The second-order valence-electron chi connectivity index (χ2n) is 6.04. The van der Waals surface area contributed by atoms with Crippen molar-refractivity contribution in [2.24, 2.45) is 5.10 Å². The van der Waals surface area contributed by atoms with Gasteiger partial charge in [0.2, 0.25) is 0 Å². The molecule has 0 aliphatic heterocycles. The van der Waals surface area contributed by atoms with Gasteiger partial charge in [-0.1, -0.05) is 76.6 Å². The van der Waals surface area contributed by atoms with E-state index in [1.165, 1.54) is 0 Å². The normalized spacial score (nSPS) is 11.1. The minimum Gasteiger partial charge on any atom is -0.350 e. The van der Waals surface area contributed by atoms with Gasteiger partial charge in [-0.25, -0.2) is 5.43 Å². The summed E-state index contributed by atoms with van der Waals surface area (Å²) in [6.07, 6.45) is 1.62. The summed E-state index contributed by atoms with van der Waals surface area (Å²) in [7, 11) is 0. The van der Waals surface area contributed by atoms with E-state index in [9.17, 15) is 4.79 Å². The Morgan fingerprint density at radius 1 is 0.926 bits per heavy atom. The number of benzene rings is 3. The largest absolute Gasteiger partial charge is 0.350 e. The lowest BCUT2D eigenvalue weighted by atomic mass is 10.0. The van der Waals surface area contributed by atoms with E-state index in [2.05, 4.69) is 31.4 Å². The predicted molar refractivity (Wildman–Crippen MR) is 113 cm³/mol. The zero-order valence-corrected chi connectivity index (χ0v) is 15.9. The number of carbonyl (C=O) groups is 1. The van der Waals surface area contributed by atoms with Crippen LogP contribution in [0.3, 0.4) is 0 Å². The molecule has 3 aromatic carbocycles. The van der Waals surface area contributed by atoms with Crippen LogP contribution in [-0.4, -0.2) is 17.1 Å². The van der Waals surface area contributed by atoms with Gasteiger partial charge in [-0.3, -0.25) is 4.79 Å². The molecule has 4 nitrogen and oxygen atoms in total. The second kappa shape index (κ2) is 7.60. The summed E-state index contributed by atoms with van der Waals surface area (Å²) in [5.41, 5.74) is 6.79. The molecule has 0 aliphatic rings. The molecule has 2 N–H and O–H groups in total. The van der Waals surface area contributed by atoms with E-state index in [1.54, 1.807) is 6.21 Å². The van der Waals surface area contributed by atoms with Gasteiger partial charge in [0.25, 0.3) is 5.91 Å². The van der Waals surface area contributed by atoms with Gasteiger partial charge in [0.15, 0.2) is 0 Å². The van der Waals surface area contributed by atoms with Crippen molar-refractivity contribution in [1.29, 1.82) is 0 Å². The minimum absolute atomic E-state index is 0.279. The zero-order chi connectivity index (χ0) is 18.6. The lowest BCUT2D eigenvalue weighted by Crippen LogP contribution is -2.18. The fourth-order valence-electron chi connectivity index (χ4n) is 2.99. The number of H-pyrrole nitrogens is 1. The van der Waals surface area contributed by atoms with Crippen molar-refractivity contribution in [1.82, 2.24) is 10.4 Å². The lowest BCUT2D eigenvalue weighted by molar-refractivity contribution is 0.0951. The molecule has 0 spiro atoms. The molecule has 0 atom stereocenters. The molecule has 4 rings (SSSR count). The Morgan fingerprint density at radius 3 is 2.41 bits per heavy atom. The Kier molecular flexibility index (Phi) is 4.85. The molecule has 0 fully saturated rings. The van der Waals surface area contributed by atoms with Crippen LogP contribution in [-0.2, 0) is 0 Å². The van der Waals surface area contributed by atoms with Crippen LogP contribution in [0.2, 0.25) is 0 Å². The number of aromatic amines is 1. The molecule has 1 amide bonds. The maximum absolute atomic E-state index is 12.8. The molecular formula is C22H16BrN3O. The van der Waals surface area contributed by atoms with Gasteiger partial charge < -0.3 is 4.98 Å². The summed E-state index contributed by atoms with van der Waals surface area (Å²) in [6, 6.07) is 25.4. The highest BCUT2D eigenvalue weighted by Gasteiger charge is 2.18. The number of nitrogens with zero attached hydrogens (tertiary/aromatic N) is 1. The van der Waals surface area contributed by atoms with Crippen LogP contribution >= 0.6 is 15.9 Å². The molecule has 5 heteroatoms. The van der Waals surface area contributed by atoms with Crippen LogP contribution in [0.4, 0.5) is 0 Å². The average molecular weight is 418 g/mol. The van der Waals surface area contributed by atoms with Crippen LogP contribution < -0.4 is 5.43 Å². The first-order chi connectivity index (χ1) is 13.2. The third-order valence-electron chi connectivity index (χ3n) is 4.25. The van der Waals surface area contributed by atoms with Crippen LogP contribution in [0.1, 0.15) is 16.1 Å². The van der Waals surface area contributed by atoms with E-state index >= 15 is 0 Å². The summed E-state index contributed by atoms with van der Waals surface area (Å²) in [5.74, 6) is -0.279. The summed E-state index contributed by atoms with van der Waals surface area (Å²) >= 11 is 3.40. The minimum atomic E-state index is -0.279. The summed E-state index contributed by atoms with van der Waals surface area (Å²) in [6.45, 7) is 0. The topological polar surface area (TPSA) is 57.2 Å². The molecular weight excluding hydrogens is 402 g/mol. The van der Waals surface area contributed by atoms with Gasteiger partial charge in [0.05, 0.1) is 6.21 Å². The van der Waals surface area contributed by atoms with Gasteiger partial charge in [-0.2, -0.15) is 5.10 Å². The Hall–Kier alpha value is -3.18. The number of hydrogen-bond donors (Lipinski definition) is 2. The van der Waals surface area contributed by atoms with Gasteiger partial charge in [-0.15, -0.1) is 0 Å². The smallest absolute Gasteiger partial charge is 0.288 e. The van der Waals surface area contributed by atoms with E-state index in [4.69, 9.17) is 0 Å². The van der Waals surface area contributed by atoms with Gasteiger partial charge >= 0.3 is 0 Å². The van der Waals surface area contributed by atoms with E-state index in [-0.39, 0.29) is 5.91 Å². The molecule has 27 heavy (non-hydrogen) atoms. The Morgan fingerprint density at radius 2 is 1.63 bits per heavy atom. The van der Waals surface area contributed by atoms with Gasteiger partial charge in [-0.05, 0) is 29.3 Å². The van der Waals surface area contributed by atoms with Crippen molar-refractivity contribution in [3.8, 4) is 11.1 Å². The van der Waals surface area contributed by atoms with Crippen LogP contribution in [0, 0.1) is 0 Å². The van der Waals surface area contributed by atoms with Crippen molar-refractivity contribution in [2.75, 3.05) is 0 Å². The van der Waals surface area contributed by atoms with E-state index in [1.807, 2.05) is 78.9 Å². The SMILES string of the molecule is O=C(N/N=C\c1ccc(Br)cc1)c1[nH]c2ccccc2c1-c1ccccc1. The molecule has 0 bridgehead atoms. The molecule has 0 aliphatic carbocycles. The van der Waals surface area contributed by atoms with Crippen LogP contribution in [0.25, 0.3) is 22.0 Å². The highest BCUT2D eigenvalue weighted by atomic mass is 79.9. The maximum atomic E-state index is 12.8. The number of halogens is 1. The number of rotatable bonds is 4. The van der Waals surface area contributed by atoms with Crippen molar-refractivity contribution >= 4 is 39.0 Å². The number of fused-ring (bicyclic) bond motifs is 1. The first-order valence-corrected chi connectivity index (χ1v) is 9.27. The Bertz CT molecular complexity index is 1120. The van der Waals surface area contributed by atoms with Crippen molar-refractivity contribution in [3.63, 3.8) is 0 Å². The lowest BCUT2D eigenvalue weighted by Gasteiger charge is -2.04. The number of nitrogens with one attached hydrogen (secondary N) is 2. The number of carbonyl (C=O) groups excluding carboxylic acids is 1. The van der Waals surface area contributed by atoms with E-state index < -0.39 is 0 Å². The third kappa shape index (κ3) is 3.68. The fourth-order valence-corrected chi connectivity index (χ4v) is 3.25. The summed E-state index contributed by atoms with van der Waals surface area (Å²) in [5, 5.41) is 5.10. The average Bonchev–Trinajstić information content (AvgIpc) is 3.10. The molecule has 0 unspecified atom stereocenters. The molecule has 0 radical (unpaired) electrons. The number of para-hydroxylation sites is 1. The van der Waals surface area contributed by atoms with Crippen LogP contribution in [0.5, 0.6) is 0 Å². The monoisotopic (exact) mass is 417 g/mol. The zero-order valence-electron chi connectivity index (χ0n) is 14.3. The molecule has 1 aromatic heterocycles. The number of aromatic nitrogens is 1. The number of hydrazone groups is 1. The maximum Gasteiger partial charge on any atom is 0.288 e. The highest BCUT2D eigenvalue weighted by molar-refractivity contribution is 9.10. The highest BCUT2D eigenvalue weighted by Crippen LogP contribution is 2.32. The van der Waals surface area contributed by atoms with E-state index in [0.29, 0.717) is 5.69 Å². The van der Waals surface area contributed by atoms with E-state index in [0.717, 1.165) is 32.1 Å².